The monoisotopic (exact) mass is 223 g/mol. The number of hydrogen-bond acceptors (Lipinski definition) is 3. The summed E-state index contributed by atoms with van der Waals surface area (Å²) >= 11 is 1.70. The molecule has 1 fully saturated rings. The van der Waals surface area contributed by atoms with E-state index in [2.05, 4.69) is 24.2 Å². The molecule has 82 valence electrons. The van der Waals surface area contributed by atoms with Gasteiger partial charge in [0.2, 0.25) is 0 Å². The molecule has 0 aromatic carbocycles. The summed E-state index contributed by atoms with van der Waals surface area (Å²) in [7, 11) is 0. The number of aryl methyl sites for hydroxylation is 1. The fourth-order valence-electron chi connectivity index (χ4n) is 2.20. The Morgan fingerprint density at radius 1 is 1.53 bits per heavy atom. The van der Waals surface area contributed by atoms with Gasteiger partial charge in [-0.25, -0.2) is 4.98 Å². The molecule has 1 aromatic rings. The molecule has 15 heavy (non-hydrogen) atoms. The van der Waals surface area contributed by atoms with Crippen molar-refractivity contribution in [2.24, 2.45) is 5.41 Å². The average Bonchev–Trinajstić information content (AvgIpc) is 2.56. The average molecular weight is 223 g/mol. The number of aromatic nitrogens is 1. The molecule has 1 aliphatic carbocycles. The lowest BCUT2D eigenvalue weighted by Gasteiger charge is -2.36. The van der Waals surface area contributed by atoms with E-state index in [1.54, 1.807) is 11.3 Å². The van der Waals surface area contributed by atoms with Crippen LogP contribution in [-0.2, 0) is 4.79 Å². The van der Waals surface area contributed by atoms with Crippen molar-refractivity contribution in [2.45, 2.75) is 46.0 Å². The summed E-state index contributed by atoms with van der Waals surface area (Å²) in [6, 6.07) is 0. The molecule has 1 aliphatic rings. The molecule has 0 spiro atoms. The zero-order valence-corrected chi connectivity index (χ0v) is 10.4. The molecule has 1 heterocycles. The number of rotatable bonds is 1. The Morgan fingerprint density at radius 3 is 2.87 bits per heavy atom. The van der Waals surface area contributed by atoms with Gasteiger partial charge in [-0.3, -0.25) is 4.79 Å². The smallest absolute Gasteiger partial charge is 0.133 e. The molecule has 1 aromatic heterocycles. The van der Waals surface area contributed by atoms with Gasteiger partial charge in [0.05, 0.1) is 5.01 Å². The van der Waals surface area contributed by atoms with E-state index in [0.717, 1.165) is 23.5 Å². The highest BCUT2D eigenvalue weighted by Crippen LogP contribution is 2.46. The molecule has 1 atom stereocenters. The summed E-state index contributed by atoms with van der Waals surface area (Å²) in [4.78, 5) is 16.0. The molecule has 0 N–H and O–H groups in total. The van der Waals surface area contributed by atoms with Crippen molar-refractivity contribution >= 4 is 17.1 Å². The van der Waals surface area contributed by atoms with Crippen LogP contribution in [0.2, 0.25) is 0 Å². The number of hydrogen-bond donors (Lipinski definition) is 0. The van der Waals surface area contributed by atoms with Crippen LogP contribution in [0.1, 0.15) is 49.7 Å². The van der Waals surface area contributed by atoms with Crippen LogP contribution in [0.5, 0.6) is 0 Å². The van der Waals surface area contributed by atoms with E-state index >= 15 is 0 Å². The third kappa shape index (κ3) is 2.12. The number of nitrogens with zero attached hydrogens (tertiary/aromatic N) is 1. The first kappa shape index (κ1) is 10.8. The predicted molar refractivity (Wildman–Crippen MR) is 62.2 cm³/mol. The summed E-state index contributed by atoms with van der Waals surface area (Å²) in [5.74, 6) is 0.727. The Balaban J connectivity index is 2.29. The molecule has 0 aliphatic heterocycles. The van der Waals surface area contributed by atoms with E-state index in [-0.39, 0.29) is 5.41 Å². The molecular weight excluding hydrogens is 206 g/mol. The Labute approximate surface area is 94.7 Å². The molecule has 0 amide bonds. The maximum absolute atomic E-state index is 11.5. The van der Waals surface area contributed by atoms with Crippen LogP contribution < -0.4 is 0 Å². The molecule has 2 rings (SSSR count). The summed E-state index contributed by atoms with van der Waals surface area (Å²) in [5, 5.41) is 3.22. The molecule has 0 radical (unpaired) electrons. The van der Waals surface area contributed by atoms with Gasteiger partial charge in [0.1, 0.15) is 5.78 Å². The minimum absolute atomic E-state index is 0.220. The zero-order valence-electron chi connectivity index (χ0n) is 9.54. The Bertz CT molecular complexity index is 381. The summed E-state index contributed by atoms with van der Waals surface area (Å²) in [5.41, 5.74) is 1.29. The van der Waals surface area contributed by atoms with Crippen LogP contribution >= 0.6 is 11.3 Å². The van der Waals surface area contributed by atoms with Gasteiger partial charge < -0.3 is 0 Å². The minimum Gasteiger partial charge on any atom is -0.300 e. The van der Waals surface area contributed by atoms with Crippen molar-refractivity contribution in [3.05, 3.63) is 16.1 Å². The van der Waals surface area contributed by atoms with E-state index in [1.807, 2.05) is 6.92 Å². The Morgan fingerprint density at radius 2 is 2.27 bits per heavy atom. The van der Waals surface area contributed by atoms with Crippen LogP contribution in [0.4, 0.5) is 0 Å². The minimum atomic E-state index is 0.220. The summed E-state index contributed by atoms with van der Waals surface area (Å²) < 4.78 is 0. The summed E-state index contributed by atoms with van der Waals surface area (Å²) in [6.45, 7) is 6.51. The van der Waals surface area contributed by atoms with Crippen molar-refractivity contribution < 1.29 is 4.79 Å². The highest BCUT2D eigenvalue weighted by molar-refractivity contribution is 7.09. The van der Waals surface area contributed by atoms with Crippen LogP contribution in [0.25, 0.3) is 0 Å². The molecule has 0 saturated heterocycles. The fourth-order valence-corrected chi connectivity index (χ4v) is 3.30. The lowest BCUT2D eigenvalue weighted by molar-refractivity contribution is -0.122. The van der Waals surface area contributed by atoms with E-state index in [1.165, 1.54) is 0 Å². The highest BCUT2D eigenvalue weighted by Gasteiger charge is 2.38. The van der Waals surface area contributed by atoms with Crippen LogP contribution in [0.15, 0.2) is 5.38 Å². The Kier molecular flexibility index (Phi) is 2.67. The van der Waals surface area contributed by atoms with Gasteiger partial charge >= 0.3 is 0 Å². The first-order chi connectivity index (χ1) is 6.99. The lowest BCUT2D eigenvalue weighted by atomic mass is 9.69. The second kappa shape index (κ2) is 3.71. The van der Waals surface area contributed by atoms with Crippen molar-refractivity contribution in [3.63, 3.8) is 0 Å². The quantitative estimate of drug-likeness (QED) is 0.731. The van der Waals surface area contributed by atoms with Crippen molar-refractivity contribution in [2.75, 3.05) is 0 Å². The largest absolute Gasteiger partial charge is 0.300 e. The van der Waals surface area contributed by atoms with Gasteiger partial charge in [-0.15, -0.1) is 11.3 Å². The van der Waals surface area contributed by atoms with Crippen LogP contribution in [0, 0.1) is 12.3 Å². The fraction of sp³-hybridized carbons (Fsp3) is 0.667. The van der Waals surface area contributed by atoms with E-state index in [9.17, 15) is 4.79 Å². The van der Waals surface area contributed by atoms with E-state index in [4.69, 9.17) is 0 Å². The van der Waals surface area contributed by atoms with Gasteiger partial charge in [0, 0.05) is 29.8 Å². The predicted octanol–water partition coefficient (Wildman–Crippen LogP) is 3.31. The normalized spacial score (nSPS) is 25.5. The maximum Gasteiger partial charge on any atom is 0.133 e. The molecule has 0 bridgehead atoms. The van der Waals surface area contributed by atoms with Crippen LogP contribution in [0.3, 0.4) is 0 Å². The first-order valence-electron chi connectivity index (χ1n) is 5.43. The topological polar surface area (TPSA) is 30.0 Å². The molecule has 2 nitrogen and oxygen atoms in total. The lowest BCUT2D eigenvalue weighted by Crippen LogP contribution is -2.30. The zero-order chi connectivity index (χ0) is 11.1. The number of Topliss-reactive ketones (excluding diaryl/α,β-unsaturated/α-hetero) is 1. The van der Waals surface area contributed by atoms with Gasteiger partial charge in [-0.05, 0) is 18.8 Å². The molecule has 3 heteroatoms. The third-order valence-electron chi connectivity index (χ3n) is 3.36. The third-order valence-corrected chi connectivity index (χ3v) is 4.43. The Hall–Kier alpha value is -0.700. The van der Waals surface area contributed by atoms with Gasteiger partial charge in [0.25, 0.3) is 0 Å². The number of carbonyl (C=O) groups is 1. The standard InChI is InChI=1S/C12H17NOS/c1-8-7-15-11(13-8)10-6-9(14)4-5-12(10,2)3/h7,10H,4-6H2,1-3H3. The maximum atomic E-state index is 11.5. The second-order valence-electron chi connectivity index (χ2n) is 5.11. The molecule has 1 saturated carbocycles. The summed E-state index contributed by atoms with van der Waals surface area (Å²) in [6.07, 6.45) is 2.42. The molecule has 1 unspecified atom stereocenters. The number of ketones is 1. The first-order valence-corrected chi connectivity index (χ1v) is 6.31. The second-order valence-corrected chi connectivity index (χ2v) is 6.00. The number of carbonyl (C=O) groups excluding carboxylic acids is 1. The van der Waals surface area contributed by atoms with Gasteiger partial charge in [-0.1, -0.05) is 13.8 Å². The SMILES string of the molecule is Cc1csc(C2CC(=O)CCC2(C)C)n1. The van der Waals surface area contributed by atoms with Crippen molar-refractivity contribution in [3.8, 4) is 0 Å². The van der Waals surface area contributed by atoms with Crippen LogP contribution in [-0.4, -0.2) is 10.8 Å². The van der Waals surface area contributed by atoms with Gasteiger partial charge in [-0.2, -0.15) is 0 Å². The molecular formula is C12H17NOS. The van der Waals surface area contributed by atoms with Crippen molar-refractivity contribution in [1.29, 1.82) is 0 Å². The van der Waals surface area contributed by atoms with E-state index < -0.39 is 0 Å². The van der Waals surface area contributed by atoms with Crippen molar-refractivity contribution in [1.82, 2.24) is 4.98 Å². The van der Waals surface area contributed by atoms with Gasteiger partial charge in [0.15, 0.2) is 0 Å². The highest BCUT2D eigenvalue weighted by atomic mass is 32.1. The van der Waals surface area contributed by atoms with E-state index in [0.29, 0.717) is 18.1 Å². The number of thiazole rings is 1.